The van der Waals surface area contributed by atoms with E-state index in [1.54, 1.807) is 22.9 Å². The van der Waals surface area contributed by atoms with Crippen molar-refractivity contribution in [2.24, 2.45) is 0 Å². The quantitative estimate of drug-likeness (QED) is 0.190. The van der Waals surface area contributed by atoms with Crippen molar-refractivity contribution in [2.45, 2.75) is 13.1 Å². The maximum Gasteiger partial charge on any atom is 0.293 e. The molecule has 0 radical (unpaired) electrons. The van der Waals surface area contributed by atoms with E-state index in [0.717, 1.165) is 27.6 Å². The van der Waals surface area contributed by atoms with Gasteiger partial charge >= 0.3 is 0 Å². The lowest BCUT2D eigenvalue weighted by molar-refractivity contribution is -0.385. The van der Waals surface area contributed by atoms with Crippen LogP contribution in [0.3, 0.4) is 0 Å². The van der Waals surface area contributed by atoms with Crippen LogP contribution in [0.25, 0.3) is 17.0 Å². The van der Waals surface area contributed by atoms with Crippen LogP contribution in [0.5, 0.6) is 0 Å². The molecule has 1 N–H and O–H groups in total. The molecule has 11 heteroatoms. The average molecular weight is 531 g/mol. The van der Waals surface area contributed by atoms with Crippen LogP contribution >= 0.6 is 11.8 Å². The highest BCUT2D eigenvalue weighted by atomic mass is 32.2. The molecule has 0 aliphatic carbocycles. The first-order valence-electron chi connectivity index (χ1n) is 11.4. The largest absolute Gasteiger partial charge is 0.337 e. The topological polar surface area (TPSA) is 115 Å². The van der Waals surface area contributed by atoms with Gasteiger partial charge in [-0.05, 0) is 48.2 Å². The molecule has 0 atom stereocenters. The molecule has 3 amide bonds. The molecule has 0 bridgehead atoms. The lowest BCUT2D eigenvalue weighted by atomic mass is 10.1. The second kappa shape index (κ2) is 10.3. The molecule has 190 valence electrons. The summed E-state index contributed by atoms with van der Waals surface area (Å²) in [6, 6.07) is 18.7. The number of hydrogen-bond donors (Lipinski definition) is 1. The lowest BCUT2D eigenvalue weighted by Gasteiger charge is -2.12. The molecule has 3 aromatic carbocycles. The fourth-order valence-electron chi connectivity index (χ4n) is 4.18. The van der Waals surface area contributed by atoms with Gasteiger partial charge in [0.1, 0.15) is 12.4 Å². The van der Waals surface area contributed by atoms with Crippen LogP contribution in [-0.4, -0.2) is 31.4 Å². The predicted octanol–water partition coefficient (Wildman–Crippen LogP) is 5.56. The van der Waals surface area contributed by atoms with Crippen molar-refractivity contribution >= 4 is 57.2 Å². The van der Waals surface area contributed by atoms with Gasteiger partial charge in [0.2, 0.25) is 5.91 Å². The molecule has 0 saturated carbocycles. The number of fused-ring (bicyclic) bond motifs is 1. The number of halogens is 1. The Morgan fingerprint density at radius 2 is 1.74 bits per heavy atom. The second-order valence-electron chi connectivity index (χ2n) is 8.44. The van der Waals surface area contributed by atoms with Gasteiger partial charge < -0.3 is 9.88 Å². The zero-order valence-corrected chi connectivity index (χ0v) is 20.5. The molecular formula is C27H19FN4O5S. The molecular weight excluding hydrogens is 511 g/mol. The lowest BCUT2D eigenvalue weighted by Crippen LogP contribution is -2.27. The Morgan fingerprint density at radius 1 is 1.03 bits per heavy atom. The zero-order chi connectivity index (χ0) is 26.8. The number of carbonyl (C=O) groups is 3. The summed E-state index contributed by atoms with van der Waals surface area (Å²) in [4.78, 5) is 50.4. The SMILES string of the molecule is O=C(Cn1cc(/C=C2/SC(=O)N(Cc3ccccc3[N+](=O)[O-])C2=O)c2ccccc21)Nc1ccc(F)cc1. The molecule has 0 unspecified atom stereocenters. The van der Waals surface area contributed by atoms with E-state index in [1.807, 2.05) is 24.3 Å². The average Bonchev–Trinajstić information content (AvgIpc) is 3.37. The molecule has 4 aromatic rings. The van der Waals surface area contributed by atoms with Gasteiger partial charge in [0.25, 0.3) is 16.8 Å². The molecule has 9 nitrogen and oxygen atoms in total. The van der Waals surface area contributed by atoms with Crippen LogP contribution < -0.4 is 5.32 Å². The van der Waals surface area contributed by atoms with E-state index < -0.39 is 21.9 Å². The number of carbonyl (C=O) groups excluding carboxylic acids is 3. The Morgan fingerprint density at radius 3 is 2.50 bits per heavy atom. The Labute approximate surface area is 219 Å². The fraction of sp³-hybridized carbons (Fsp3) is 0.0741. The molecule has 5 rings (SSSR count). The van der Waals surface area contributed by atoms with E-state index in [9.17, 15) is 28.9 Å². The molecule has 1 aliphatic heterocycles. The van der Waals surface area contributed by atoms with E-state index >= 15 is 0 Å². The number of nitro benzene ring substituents is 1. The van der Waals surface area contributed by atoms with Crippen LogP contribution in [-0.2, 0) is 22.7 Å². The summed E-state index contributed by atoms with van der Waals surface area (Å²) >= 11 is 0.754. The van der Waals surface area contributed by atoms with Crippen molar-refractivity contribution in [3.63, 3.8) is 0 Å². The van der Waals surface area contributed by atoms with E-state index in [-0.39, 0.29) is 35.2 Å². The van der Waals surface area contributed by atoms with Crippen molar-refractivity contribution in [1.82, 2.24) is 9.47 Å². The number of nitro groups is 1. The number of nitrogens with one attached hydrogen (secondary N) is 1. The minimum absolute atomic E-state index is 0.0368. The molecule has 2 heterocycles. The number of imide groups is 1. The van der Waals surface area contributed by atoms with Crippen LogP contribution in [0.15, 0.2) is 83.9 Å². The highest BCUT2D eigenvalue weighted by Gasteiger charge is 2.36. The van der Waals surface area contributed by atoms with Gasteiger partial charge in [-0.3, -0.25) is 29.4 Å². The number of amides is 3. The smallest absolute Gasteiger partial charge is 0.293 e. The summed E-state index contributed by atoms with van der Waals surface area (Å²) in [6.07, 6.45) is 3.30. The number of benzene rings is 3. The Hall–Kier alpha value is -4.77. The normalized spacial score (nSPS) is 14.4. The Bertz CT molecular complexity index is 1630. The molecule has 1 fully saturated rings. The number of anilines is 1. The van der Waals surface area contributed by atoms with Crippen LogP contribution in [0.2, 0.25) is 0 Å². The van der Waals surface area contributed by atoms with E-state index in [2.05, 4.69) is 5.32 Å². The van der Waals surface area contributed by atoms with Crippen LogP contribution in [0.1, 0.15) is 11.1 Å². The Kier molecular flexibility index (Phi) is 6.75. The first-order chi connectivity index (χ1) is 18.3. The third-order valence-corrected chi connectivity index (χ3v) is 6.85. The van der Waals surface area contributed by atoms with Crippen molar-refractivity contribution in [3.8, 4) is 0 Å². The standard InChI is InChI=1S/C27H19FN4O5S/c28-19-9-11-20(12-10-19)29-25(33)16-30-14-18(21-6-2-4-8-23(21)30)13-24-26(34)31(27(35)38-24)15-17-5-1-3-7-22(17)32(36)37/h1-14H,15-16H2,(H,29,33)/b24-13+. The molecule has 1 saturated heterocycles. The molecule has 38 heavy (non-hydrogen) atoms. The van der Waals surface area contributed by atoms with Crippen LogP contribution in [0, 0.1) is 15.9 Å². The highest BCUT2D eigenvalue weighted by Crippen LogP contribution is 2.36. The third-order valence-electron chi connectivity index (χ3n) is 5.94. The van der Waals surface area contributed by atoms with Crippen molar-refractivity contribution < 1.29 is 23.7 Å². The van der Waals surface area contributed by atoms with Gasteiger partial charge in [0.05, 0.1) is 16.4 Å². The van der Waals surface area contributed by atoms with Crippen molar-refractivity contribution in [1.29, 1.82) is 0 Å². The first kappa shape index (κ1) is 24.9. The number of aromatic nitrogens is 1. The van der Waals surface area contributed by atoms with Gasteiger partial charge in [-0.25, -0.2) is 4.39 Å². The summed E-state index contributed by atoms with van der Waals surface area (Å²) in [5.74, 6) is -1.28. The van der Waals surface area contributed by atoms with E-state index in [4.69, 9.17) is 0 Å². The van der Waals surface area contributed by atoms with Crippen LogP contribution in [0.4, 0.5) is 20.6 Å². The number of rotatable bonds is 7. The minimum Gasteiger partial charge on any atom is -0.337 e. The minimum atomic E-state index is -0.552. The van der Waals surface area contributed by atoms with Gasteiger partial charge in [0.15, 0.2) is 0 Å². The number of thioether (sulfide) groups is 1. The van der Waals surface area contributed by atoms with Gasteiger partial charge in [0, 0.05) is 40.0 Å². The first-order valence-corrected chi connectivity index (χ1v) is 12.2. The second-order valence-corrected chi connectivity index (χ2v) is 9.43. The van der Waals surface area contributed by atoms with Gasteiger partial charge in [-0.1, -0.05) is 36.4 Å². The third kappa shape index (κ3) is 5.04. The van der Waals surface area contributed by atoms with Gasteiger partial charge in [-0.15, -0.1) is 0 Å². The monoisotopic (exact) mass is 530 g/mol. The predicted molar refractivity (Wildman–Crippen MR) is 142 cm³/mol. The number of nitrogens with zero attached hydrogens (tertiary/aromatic N) is 3. The summed E-state index contributed by atoms with van der Waals surface area (Å²) in [5.41, 5.74) is 1.92. The van der Waals surface area contributed by atoms with Crippen molar-refractivity contribution in [2.75, 3.05) is 5.32 Å². The van der Waals surface area contributed by atoms with E-state index in [1.165, 1.54) is 42.5 Å². The number of para-hydroxylation sites is 2. The summed E-state index contributed by atoms with van der Waals surface area (Å²) < 4.78 is 14.9. The summed E-state index contributed by atoms with van der Waals surface area (Å²) in [5, 5.41) is 14.3. The van der Waals surface area contributed by atoms with Crippen molar-refractivity contribution in [3.05, 3.63) is 111 Å². The Balaban J connectivity index is 1.39. The molecule has 1 aliphatic rings. The highest BCUT2D eigenvalue weighted by molar-refractivity contribution is 8.18. The maximum atomic E-state index is 13.2. The molecule has 1 aromatic heterocycles. The zero-order valence-electron chi connectivity index (χ0n) is 19.7. The van der Waals surface area contributed by atoms with Gasteiger partial charge in [-0.2, -0.15) is 0 Å². The number of hydrogen-bond acceptors (Lipinski definition) is 6. The molecule has 0 spiro atoms. The summed E-state index contributed by atoms with van der Waals surface area (Å²) in [6.45, 7) is -0.255. The fourth-order valence-corrected chi connectivity index (χ4v) is 5.01. The summed E-state index contributed by atoms with van der Waals surface area (Å²) in [7, 11) is 0. The maximum absolute atomic E-state index is 13.2. The van der Waals surface area contributed by atoms with E-state index in [0.29, 0.717) is 11.3 Å².